The van der Waals surface area contributed by atoms with E-state index in [0.29, 0.717) is 24.8 Å². The van der Waals surface area contributed by atoms with Crippen LogP contribution in [0.25, 0.3) is 0 Å². The van der Waals surface area contributed by atoms with Gasteiger partial charge in [0.15, 0.2) is 0 Å². The number of likely N-dealkylation sites (tertiary alicyclic amines) is 1. The summed E-state index contributed by atoms with van der Waals surface area (Å²) >= 11 is 0. The molecule has 1 saturated carbocycles. The van der Waals surface area contributed by atoms with Crippen LogP contribution in [0.4, 0.5) is 5.82 Å². The highest BCUT2D eigenvalue weighted by Crippen LogP contribution is 2.32. The minimum Gasteiger partial charge on any atom is -0.352 e. The third kappa shape index (κ3) is 5.26. The summed E-state index contributed by atoms with van der Waals surface area (Å²) in [6.45, 7) is 5.86. The van der Waals surface area contributed by atoms with E-state index in [9.17, 15) is 9.59 Å². The smallest absolute Gasteiger partial charge is 0.234 e. The molecular weight excluding hydrogens is 316 g/mol. The summed E-state index contributed by atoms with van der Waals surface area (Å²) in [5.74, 6) is 1.23. The summed E-state index contributed by atoms with van der Waals surface area (Å²) in [5.41, 5.74) is 0.879. The molecule has 1 aliphatic carbocycles. The Morgan fingerprint density at radius 2 is 2.12 bits per heavy atom. The van der Waals surface area contributed by atoms with E-state index in [0.717, 1.165) is 25.1 Å². The lowest BCUT2D eigenvalue weighted by Crippen LogP contribution is -2.47. The van der Waals surface area contributed by atoms with Crippen LogP contribution in [0.15, 0.2) is 18.2 Å². The predicted octanol–water partition coefficient (Wildman–Crippen LogP) is 1.96. The first-order valence-corrected chi connectivity index (χ1v) is 9.27. The first-order valence-electron chi connectivity index (χ1n) is 9.27. The third-order valence-electron chi connectivity index (χ3n) is 5.10. The Balaban J connectivity index is 1.48. The molecule has 1 aromatic rings. The van der Waals surface area contributed by atoms with E-state index in [1.807, 2.05) is 19.1 Å². The van der Waals surface area contributed by atoms with Crippen LogP contribution >= 0.6 is 0 Å². The lowest BCUT2D eigenvalue weighted by atomic mass is 9.97. The molecule has 0 unspecified atom stereocenters. The molecule has 0 aromatic carbocycles. The highest BCUT2D eigenvalue weighted by Gasteiger charge is 2.30. The molecular formula is C19H28N4O2. The van der Waals surface area contributed by atoms with Crippen LogP contribution in [0, 0.1) is 18.8 Å². The number of carbonyl (C=O) groups excluding carboxylic acids is 2. The average molecular weight is 344 g/mol. The van der Waals surface area contributed by atoms with Crippen molar-refractivity contribution in [2.45, 2.75) is 45.6 Å². The van der Waals surface area contributed by atoms with Crippen LogP contribution in [-0.4, -0.2) is 47.4 Å². The second-order valence-electron chi connectivity index (χ2n) is 7.42. The fourth-order valence-corrected chi connectivity index (χ4v) is 3.47. The maximum absolute atomic E-state index is 12.5. The van der Waals surface area contributed by atoms with Gasteiger partial charge in [-0.15, -0.1) is 0 Å². The number of anilines is 1. The van der Waals surface area contributed by atoms with Gasteiger partial charge in [0.05, 0.1) is 12.5 Å². The van der Waals surface area contributed by atoms with Crippen LogP contribution in [0.5, 0.6) is 0 Å². The number of aryl methyl sites for hydroxylation is 1. The molecule has 2 atom stereocenters. The SMILES string of the molecule is Cc1cccc(NC(=O)[C@H]2CCCN(CC(=O)N[C@@H](C)C3CC3)C2)n1. The van der Waals surface area contributed by atoms with Gasteiger partial charge in [0.25, 0.3) is 0 Å². The molecule has 6 nitrogen and oxygen atoms in total. The number of nitrogens with one attached hydrogen (secondary N) is 2. The van der Waals surface area contributed by atoms with Crippen LogP contribution in [0.2, 0.25) is 0 Å². The Morgan fingerprint density at radius 3 is 2.84 bits per heavy atom. The number of nitrogens with zero attached hydrogens (tertiary/aromatic N) is 2. The standard InChI is InChI=1S/C19H28N4O2/c1-13-5-3-7-17(20-13)22-19(25)16-6-4-10-23(11-16)12-18(24)21-14(2)15-8-9-15/h3,5,7,14-16H,4,6,8-12H2,1-2H3,(H,21,24)(H,20,22,25)/t14-,16-/m0/s1. The summed E-state index contributed by atoms with van der Waals surface area (Å²) in [6, 6.07) is 5.86. The van der Waals surface area contributed by atoms with Crippen LogP contribution < -0.4 is 10.6 Å². The van der Waals surface area contributed by atoms with Crippen molar-refractivity contribution in [3.63, 3.8) is 0 Å². The summed E-state index contributed by atoms with van der Waals surface area (Å²) in [4.78, 5) is 31.1. The Kier molecular flexibility index (Phi) is 5.68. The van der Waals surface area contributed by atoms with Gasteiger partial charge < -0.3 is 10.6 Å². The van der Waals surface area contributed by atoms with Crippen molar-refractivity contribution in [2.75, 3.05) is 25.0 Å². The molecule has 2 N–H and O–H groups in total. The van der Waals surface area contributed by atoms with E-state index < -0.39 is 0 Å². The second-order valence-corrected chi connectivity index (χ2v) is 7.42. The topological polar surface area (TPSA) is 74.3 Å². The van der Waals surface area contributed by atoms with Crippen molar-refractivity contribution >= 4 is 17.6 Å². The fraction of sp³-hybridized carbons (Fsp3) is 0.632. The van der Waals surface area contributed by atoms with E-state index in [2.05, 4.69) is 27.4 Å². The summed E-state index contributed by atoms with van der Waals surface area (Å²) < 4.78 is 0. The molecule has 2 amide bonds. The minimum absolute atomic E-state index is 0.00504. The van der Waals surface area contributed by atoms with E-state index in [-0.39, 0.29) is 23.8 Å². The lowest BCUT2D eigenvalue weighted by Gasteiger charge is -2.31. The maximum Gasteiger partial charge on any atom is 0.234 e. The lowest BCUT2D eigenvalue weighted by molar-refractivity contribution is -0.126. The fourth-order valence-electron chi connectivity index (χ4n) is 3.47. The molecule has 25 heavy (non-hydrogen) atoms. The van der Waals surface area contributed by atoms with E-state index >= 15 is 0 Å². The molecule has 0 bridgehead atoms. The molecule has 136 valence electrons. The van der Waals surface area contributed by atoms with Gasteiger partial charge in [-0.25, -0.2) is 4.98 Å². The highest BCUT2D eigenvalue weighted by molar-refractivity contribution is 5.92. The van der Waals surface area contributed by atoms with Gasteiger partial charge >= 0.3 is 0 Å². The summed E-state index contributed by atoms with van der Waals surface area (Å²) in [5, 5.41) is 5.99. The van der Waals surface area contributed by atoms with Crippen molar-refractivity contribution in [3.05, 3.63) is 23.9 Å². The quantitative estimate of drug-likeness (QED) is 0.827. The van der Waals surface area contributed by atoms with Crippen molar-refractivity contribution in [3.8, 4) is 0 Å². The number of piperidine rings is 1. The summed E-state index contributed by atoms with van der Waals surface area (Å²) in [7, 11) is 0. The zero-order valence-corrected chi connectivity index (χ0v) is 15.1. The van der Waals surface area contributed by atoms with Gasteiger partial charge in [-0.1, -0.05) is 6.07 Å². The van der Waals surface area contributed by atoms with Gasteiger partial charge in [0.2, 0.25) is 11.8 Å². The monoisotopic (exact) mass is 344 g/mol. The zero-order chi connectivity index (χ0) is 17.8. The number of hydrogen-bond donors (Lipinski definition) is 2. The Labute approximate surface area is 149 Å². The molecule has 1 saturated heterocycles. The molecule has 6 heteroatoms. The largest absolute Gasteiger partial charge is 0.352 e. The van der Waals surface area contributed by atoms with Gasteiger partial charge in [-0.2, -0.15) is 0 Å². The molecule has 0 radical (unpaired) electrons. The Hall–Kier alpha value is -1.95. The number of hydrogen-bond acceptors (Lipinski definition) is 4. The number of aromatic nitrogens is 1. The second kappa shape index (κ2) is 7.95. The molecule has 2 aliphatic rings. The third-order valence-corrected chi connectivity index (χ3v) is 5.10. The number of carbonyl (C=O) groups is 2. The van der Waals surface area contributed by atoms with Crippen LogP contribution in [-0.2, 0) is 9.59 Å². The van der Waals surface area contributed by atoms with Gasteiger partial charge in [-0.05, 0) is 64.1 Å². The highest BCUT2D eigenvalue weighted by atomic mass is 16.2. The van der Waals surface area contributed by atoms with Gasteiger partial charge in [-0.3, -0.25) is 14.5 Å². The van der Waals surface area contributed by atoms with Crippen molar-refractivity contribution in [2.24, 2.45) is 11.8 Å². The normalized spacial score (nSPS) is 22.2. The maximum atomic E-state index is 12.5. The summed E-state index contributed by atoms with van der Waals surface area (Å²) in [6.07, 6.45) is 4.24. The van der Waals surface area contributed by atoms with E-state index in [1.54, 1.807) is 6.07 Å². The zero-order valence-electron chi connectivity index (χ0n) is 15.1. The van der Waals surface area contributed by atoms with E-state index in [1.165, 1.54) is 12.8 Å². The predicted molar refractivity (Wildman–Crippen MR) is 97.1 cm³/mol. The molecule has 0 spiro atoms. The number of rotatable bonds is 6. The Morgan fingerprint density at radius 1 is 1.32 bits per heavy atom. The van der Waals surface area contributed by atoms with Crippen LogP contribution in [0.1, 0.15) is 38.3 Å². The molecule has 3 rings (SSSR count). The van der Waals surface area contributed by atoms with Crippen LogP contribution in [0.3, 0.4) is 0 Å². The molecule has 1 aromatic heterocycles. The number of amides is 2. The van der Waals surface area contributed by atoms with Crippen molar-refractivity contribution < 1.29 is 9.59 Å². The van der Waals surface area contributed by atoms with Crippen molar-refractivity contribution in [1.29, 1.82) is 0 Å². The first kappa shape index (κ1) is 17.9. The molecule has 1 aliphatic heterocycles. The molecule has 2 heterocycles. The first-order chi connectivity index (χ1) is 12.0. The molecule has 2 fully saturated rings. The Bertz CT molecular complexity index is 630. The van der Waals surface area contributed by atoms with Gasteiger partial charge in [0, 0.05) is 18.3 Å². The van der Waals surface area contributed by atoms with E-state index in [4.69, 9.17) is 0 Å². The van der Waals surface area contributed by atoms with Gasteiger partial charge in [0.1, 0.15) is 5.82 Å². The number of pyridine rings is 1. The van der Waals surface area contributed by atoms with Crippen molar-refractivity contribution in [1.82, 2.24) is 15.2 Å². The average Bonchev–Trinajstić information content (AvgIpc) is 3.40. The minimum atomic E-state index is -0.0929.